The lowest BCUT2D eigenvalue weighted by Gasteiger charge is -2.20. The first-order chi connectivity index (χ1) is 18.6. The second-order valence-corrected chi connectivity index (χ2v) is 8.62. The third-order valence-electron chi connectivity index (χ3n) is 5.90. The molecule has 200 valence electrons. The third kappa shape index (κ3) is 6.99. The number of anilines is 2. The minimum atomic E-state index is -4.52. The Morgan fingerprint density at radius 3 is 2.10 bits per heavy atom. The lowest BCUT2D eigenvalue weighted by Crippen LogP contribution is -2.27. The zero-order valence-corrected chi connectivity index (χ0v) is 20.5. The number of alkyl halides is 3. The van der Waals surface area contributed by atoms with Gasteiger partial charge in [-0.25, -0.2) is 10.2 Å². The fourth-order valence-electron chi connectivity index (χ4n) is 3.88. The van der Waals surface area contributed by atoms with Gasteiger partial charge in [-0.1, -0.05) is 36.4 Å². The van der Waals surface area contributed by atoms with E-state index in [4.69, 9.17) is 5.84 Å². The highest BCUT2D eigenvalue weighted by atomic mass is 19.4. The summed E-state index contributed by atoms with van der Waals surface area (Å²) in [5.41, 5.74) is 1.36. The first-order valence-corrected chi connectivity index (χ1v) is 11.8. The van der Waals surface area contributed by atoms with Crippen LogP contribution in [0, 0.1) is 5.82 Å². The van der Waals surface area contributed by atoms with E-state index in [1.807, 2.05) is 0 Å². The molecule has 0 heterocycles. The van der Waals surface area contributed by atoms with Crippen molar-refractivity contribution in [2.75, 3.05) is 5.01 Å². The Kier molecular flexibility index (Phi) is 8.26. The van der Waals surface area contributed by atoms with Crippen molar-refractivity contribution >= 4 is 23.2 Å². The maximum atomic E-state index is 13.4. The Hall–Kier alpha value is -4.70. The van der Waals surface area contributed by atoms with E-state index >= 15 is 0 Å². The van der Waals surface area contributed by atoms with E-state index in [0.29, 0.717) is 22.5 Å². The third-order valence-corrected chi connectivity index (χ3v) is 5.90. The zero-order chi connectivity index (χ0) is 28.0. The number of nitrogens with one attached hydrogen (secondary N) is 2. The molecule has 0 aliphatic carbocycles. The predicted octanol–water partition coefficient (Wildman–Crippen LogP) is 5.72. The van der Waals surface area contributed by atoms with Crippen LogP contribution in [0.25, 0.3) is 0 Å². The molecule has 10 heteroatoms. The van der Waals surface area contributed by atoms with Gasteiger partial charge in [-0.15, -0.1) is 0 Å². The summed E-state index contributed by atoms with van der Waals surface area (Å²) in [7, 11) is 0. The minimum absolute atomic E-state index is 0.0389. The summed E-state index contributed by atoms with van der Waals surface area (Å²) in [5.74, 6) is 4.94. The molecule has 4 rings (SSSR count). The van der Waals surface area contributed by atoms with Gasteiger partial charge in [0, 0.05) is 24.2 Å². The number of hydrogen-bond donors (Lipinski definition) is 3. The van der Waals surface area contributed by atoms with Crippen molar-refractivity contribution in [1.29, 1.82) is 0 Å². The van der Waals surface area contributed by atoms with Crippen molar-refractivity contribution in [3.05, 3.63) is 131 Å². The van der Waals surface area contributed by atoms with Crippen LogP contribution >= 0.6 is 0 Å². The highest BCUT2D eigenvalue weighted by Crippen LogP contribution is 2.31. The van der Waals surface area contributed by atoms with Crippen molar-refractivity contribution in [3.8, 4) is 0 Å². The number of rotatable bonds is 8. The number of hydrazine groups is 1. The van der Waals surface area contributed by atoms with E-state index in [0.717, 1.165) is 6.07 Å². The normalized spacial score (nSPS) is 11.1. The number of nitrogens with zero attached hydrogens (tertiary/aromatic N) is 1. The van der Waals surface area contributed by atoms with Crippen molar-refractivity contribution in [3.63, 3.8) is 0 Å². The molecule has 0 unspecified atom stereocenters. The highest BCUT2D eigenvalue weighted by Gasteiger charge is 2.32. The fourth-order valence-corrected chi connectivity index (χ4v) is 3.88. The first kappa shape index (κ1) is 27.3. The molecule has 0 fully saturated rings. The van der Waals surface area contributed by atoms with Crippen LogP contribution in [-0.4, -0.2) is 11.8 Å². The predicted molar refractivity (Wildman–Crippen MR) is 139 cm³/mol. The molecule has 0 aromatic heterocycles. The number of halogens is 4. The van der Waals surface area contributed by atoms with Crippen molar-refractivity contribution in [1.82, 2.24) is 10.6 Å². The van der Waals surface area contributed by atoms with Gasteiger partial charge < -0.3 is 10.6 Å². The largest absolute Gasteiger partial charge is 0.416 e. The maximum absolute atomic E-state index is 13.4. The molecule has 4 aromatic rings. The monoisotopic (exact) mass is 536 g/mol. The molecule has 4 N–H and O–H groups in total. The first-order valence-electron chi connectivity index (χ1n) is 11.8. The smallest absolute Gasteiger partial charge is 0.348 e. The van der Waals surface area contributed by atoms with Gasteiger partial charge in [0.05, 0.1) is 16.9 Å². The summed E-state index contributed by atoms with van der Waals surface area (Å²) >= 11 is 0. The Balaban J connectivity index is 1.39. The molecule has 39 heavy (non-hydrogen) atoms. The van der Waals surface area contributed by atoms with Gasteiger partial charge in [-0.3, -0.25) is 14.6 Å². The molecule has 4 aromatic carbocycles. The van der Waals surface area contributed by atoms with Crippen molar-refractivity contribution < 1.29 is 27.2 Å². The summed E-state index contributed by atoms with van der Waals surface area (Å²) in [4.78, 5) is 25.1. The summed E-state index contributed by atoms with van der Waals surface area (Å²) in [5, 5.41) is 6.56. The van der Waals surface area contributed by atoms with Crippen LogP contribution in [0.5, 0.6) is 0 Å². The van der Waals surface area contributed by atoms with E-state index in [2.05, 4.69) is 10.6 Å². The lowest BCUT2D eigenvalue weighted by atomic mass is 10.1. The van der Waals surface area contributed by atoms with Crippen LogP contribution in [0.2, 0.25) is 0 Å². The summed E-state index contributed by atoms with van der Waals surface area (Å²) < 4.78 is 52.9. The van der Waals surface area contributed by atoms with Gasteiger partial charge in [0.1, 0.15) is 5.82 Å². The molecule has 0 bridgehead atoms. The average Bonchev–Trinajstić information content (AvgIpc) is 2.94. The molecule has 0 spiro atoms. The summed E-state index contributed by atoms with van der Waals surface area (Å²) in [6.07, 6.45) is -4.52. The minimum Gasteiger partial charge on any atom is -0.348 e. The second kappa shape index (κ2) is 11.8. The number of nitrogens with two attached hydrogens (primary N) is 1. The maximum Gasteiger partial charge on any atom is 0.416 e. The van der Waals surface area contributed by atoms with Crippen LogP contribution in [0.4, 0.5) is 28.9 Å². The Bertz CT molecular complexity index is 1470. The SMILES string of the molecule is NN(c1ccc(C(=O)NCc2ccccc2C(F)(F)F)cc1)c1cccc(C(=O)NCc2cccc(F)c2)c1. The van der Waals surface area contributed by atoms with E-state index in [1.54, 1.807) is 48.5 Å². The quantitative estimate of drug-likeness (QED) is 0.153. The number of amides is 2. The van der Waals surface area contributed by atoms with E-state index < -0.39 is 23.5 Å². The van der Waals surface area contributed by atoms with Gasteiger partial charge in [0.25, 0.3) is 11.8 Å². The van der Waals surface area contributed by atoms with Gasteiger partial charge in [0.15, 0.2) is 0 Å². The van der Waals surface area contributed by atoms with Crippen LogP contribution < -0.4 is 21.5 Å². The molecular formula is C29H24F4N4O2. The Labute approximate surface area is 222 Å². The van der Waals surface area contributed by atoms with E-state index in [1.165, 1.54) is 47.5 Å². The Morgan fingerprint density at radius 1 is 0.718 bits per heavy atom. The van der Waals surface area contributed by atoms with Crippen LogP contribution in [-0.2, 0) is 19.3 Å². The summed E-state index contributed by atoms with van der Waals surface area (Å²) in [6.45, 7) is -0.133. The molecule has 0 atom stereocenters. The molecule has 0 saturated carbocycles. The number of hydrogen-bond acceptors (Lipinski definition) is 4. The number of carbonyl (C=O) groups excluding carboxylic acids is 2. The Morgan fingerprint density at radius 2 is 1.38 bits per heavy atom. The summed E-state index contributed by atoms with van der Waals surface area (Å²) in [6, 6.07) is 23.7. The van der Waals surface area contributed by atoms with Gasteiger partial charge >= 0.3 is 6.18 Å². The molecule has 0 aliphatic heterocycles. The number of carbonyl (C=O) groups is 2. The van der Waals surface area contributed by atoms with Gasteiger partial charge in [-0.05, 0) is 71.8 Å². The van der Waals surface area contributed by atoms with Gasteiger partial charge in [0.2, 0.25) is 0 Å². The van der Waals surface area contributed by atoms with E-state index in [-0.39, 0.29) is 30.1 Å². The van der Waals surface area contributed by atoms with E-state index in [9.17, 15) is 27.2 Å². The molecule has 0 radical (unpaired) electrons. The van der Waals surface area contributed by atoms with Crippen LogP contribution in [0.3, 0.4) is 0 Å². The standard InChI is InChI=1S/C29H24F4N4O2/c30-23-8-3-5-19(15-23)17-35-28(39)21-7-4-9-25(16-21)37(34)24-13-11-20(12-14-24)27(38)36-18-22-6-1-2-10-26(22)29(31,32)33/h1-16H,17-18,34H2,(H,35,39)(H,36,38). The average molecular weight is 537 g/mol. The molecule has 2 amide bonds. The lowest BCUT2D eigenvalue weighted by molar-refractivity contribution is -0.138. The molecule has 0 saturated heterocycles. The van der Waals surface area contributed by atoms with Crippen LogP contribution in [0.1, 0.15) is 37.4 Å². The highest BCUT2D eigenvalue weighted by molar-refractivity contribution is 5.96. The van der Waals surface area contributed by atoms with Gasteiger partial charge in [-0.2, -0.15) is 13.2 Å². The number of benzene rings is 4. The topological polar surface area (TPSA) is 87.5 Å². The van der Waals surface area contributed by atoms with Crippen molar-refractivity contribution in [2.45, 2.75) is 19.3 Å². The fraction of sp³-hybridized carbons (Fsp3) is 0.103. The molecular weight excluding hydrogens is 512 g/mol. The zero-order valence-electron chi connectivity index (χ0n) is 20.5. The van der Waals surface area contributed by atoms with Crippen molar-refractivity contribution in [2.24, 2.45) is 5.84 Å². The molecule has 0 aliphatic rings. The molecule has 6 nitrogen and oxygen atoms in total. The van der Waals surface area contributed by atoms with Crippen LogP contribution in [0.15, 0.2) is 97.1 Å². The second-order valence-electron chi connectivity index (χ2n) is 8.62.